The van der Waals surface area contributed by atoms with Crippen molar-refractivity contribution in [3.8, 4) is 11.5 Å². The van der Waals surface area contributed by atoms with Gasteiger partial charge < -0.3 is 9.47 Å². The second-order valence-electron chi connectivity index (χ2n) is 4.55. The van der Waals surface area contributed by atoms with E-state index in [4.69, 9.17) is 32.7 Å². The molecule has 3 rings (SSSR count). The fourth-order valence-corrected chi connectivity index (χ4v) is 4.21. The first-order valence-corrected chi connectivity index (χ1v) is 8.93. The quantitative estimate of drug-likeness (QED) is 0.384. The summed E-state index contributed by atoms with van der Waals surface area (Å²) in [5.74, 6) is 1.46. The zero-order valence-electron chi connectivity index (χ0n) is 10.7. The Morgan fingerprint density at radius 2 is 1.71 bits per heavy atom. The van der Waals surface area contributed by atoms with Crippen LogP contribution in [-0.4, -0.2) is 13.2 Å². The van der Waals surface area contributed by atoms with Crippen LogP contribution < -0.4 is 9.47 Å². The molecule has 0 saturated carbocycles. The predicted octanol–water partition coefficient (Wildman–Crippen LogP) is 5.81. The summed E-state index contributed by atoms with van der Waals surface area (Å²) < 4.78 is 13.2. The third-order valence-electron chi connectivity index (χ3n) is 3.17. The molecule has 1 heterocycles. The van der Waals surface area contributed by atoms with Crippen LogP contribution in [0.2, 0.25) is 5.02 Å². The predicted molar refractivity (Wildman–Crippen MR) is 97.0 cm³/mol. The Kier molecular flexibility index (Phi) is 4.88. The third kappa shape index (κ3) is 3.28. The first-order chi connectivity index (χ1) is 10.1. The molecule has 1 unspecified atom stereocenters. The molecule has 110 valence electrons. The number of rotatable bonds is 2. The van der Waals surface area contributed by atoms with Crippen molar-refractivity contribution in [3.63, 3.8) is 0 Å². The van der Waals surface area contributed by atoms with Crippen LogP contribution in [0, 0.1) is 3.57 Å². The number of hydrogen-bond donors (Lipinski definition) is 0. The highest BCUT2D eigenvalue weighted by Gasteiger charge is 2.21. The molecule has 2 aromatic rings. The maximum Gasteiger partial charge on any atom is 0.162 e. The molecule has 6 heteroatoms. The van der Waals surface area contributed by atoms with E-state index in [1.54, 1.807) is 0 Å². The van der Waals surface area contributed by atoms with Gasteiger partial charge in [0.25, 0.3) is 0 Å². The molecule has 2 aromatic carbocycles. The van der Waals surface area contributed by atoms with E-state index in [0.29, 0.717) is 18.2 Å². The van der Waals surface area contributed by atoms with Gasteiger partial charge in [-0.2, -0.15) is 0 Å². The van der Waals surface area contributed by atoms with Crippen LogP contribution in [0.5, 0.6) is 11.5 Å². The van der Waals surface area contributed by atoms with Gasteiger partial charge in [-0.1, -0.05) is 27.5 Å². The molecule has 0 aromatic heterocycles. The summed E-state index contributed by atoms with van der Waals surface area (Å²) in [6.07, 6.45) is 0. The van der Waals surface area contributed by atoms with Gasteiger partial charge in [-0.05, 0) is 64.0 Å². The van der Waals surface area contributed by atoms with Gasteiger partial charge >= 0.3 is 0 Å². The van der Waals surface area contributed by atoms with Crippen molar-refractivity contribution in [2.75, 3.05) is 13.2 Å². The van der Waals surface area contributed by atoms with Crippen LogP contribution >= 0.6 is 61.7 Å². The number of benzene rings is 2. The van der Waals surface area contributed by atoms with E-state index in [2.05, 4.69) is 38.5 Å². The topological polar surface area (TPSA) is 18.5 Å². The van der Waals surface area contributed by atoms with Crippen LogP contribution in [0.1, 0.15) is 16.5 Å². The molecule has 2 nitrogen and oxygen atoms in total. The van der Waals surface area contributed by atoms with Gasteiger partial charge in [0, 0.05) is 13.1 Å². The Morgan fingerprint density at radius 1 is 1.05 bits per heavy atom. The minimum Gasteiger partial charge on any atom is -0.486 e. The number of halogens is 4. The van der Waals surface area contributed by atoms with E-state index < -0.39 is 0 Å². The number of fused-ring (bicyclic) bond motifs is 1. The lowest BCUT2D eigenvalue weighted by Crippen LogP contribution is -2.15. The largest absolute Gasteiger partial charge is 0.486 e. The van der Waals surface area contributed by atoms with Crippen LogP contribution in [-0.2, 0) is 0 Å². The lowest BCUT2D eigenvalue weighted by Gasteiger charge is -2.22. The van der Waals surface area contributed by atoms with Gasteiger partial charge in [0.1, 0.15) is 13.2 Å². The maximum atomic E-state index is 6.67. The van der Waals surface area contributed by atoms with Gasteiger partial charge in [0.2, 0.25) is 0 Å². The van der Waals surface area contributed by atoms with Gasteiger partial charge in [-0.25, -0.2) is 0 Å². The Bertz CT molecular complexity index is 694. The second-order valence-corrected chi connectivity index (χ2v) is 7.44. The average molecular weight is 500 g/mol. The zero-order chi connectivity index (χ0) is 15.0. The highest BCUT2D eigenvalue weighted by Crippen LogP contribution is 2.42. The summed E-state index contributed by atoms with van der Waals surface area (Å²) >= 11 is 18.6. The lowest BCUT2D eigenvalue weighted by molar-refractivity contribution is 0.171. The van der Waals surface area contributed by atoms with E-state index in [0.717, 1.165) is 30.7 Å². The Morgan fingerprint density at radius 3 is 2.43 bits per heavy atom. The lowest BCUT2D eigenvalue weighted by atomic mass is 10.0. The van der Waals surface area contributed by atoms with E-state index in [1.807, 2.05) is 30.3 Å². The minimum absolute atomic E-state index is 0.319. The van der Waals surface area contributed by atoms with Crippen LogP contribution in [0.4, 0.5) is 0 Å². The van der Waals surface area contributed by atoms with Gasteiger partial charge in [-0.3, -0.25) is 0 Å². The highest BCUT2D eigenvalue weighted by molar-refractivity contribution is 14.1. The van der Waals surface area contributed by atoms with Crippen LogP contribution in [0.15, 0.2) is 34.8 Å². The van der Waals surface area contributed by atoms with Gasteiger partial charge in [-0.15, -0.1) is 11.6 Å². The Labute approximate surface area is 155 Å². The Balaban J connectivity index is 2.05. The number of alkyl halides is 1. The molecular formula is C15H10BrCl2IO2. The monoisotopic (exact) mass is 498 g/mol. The van der Waals surface area contributed by atoms with Crippen molar-refractivity contribution >= 4 is 61.7 Å². The van der Waals surface area contributed by atoms with Crippen LogP contribution in [0.25, 0.3) is 0 Å². The van der Waals surface area contributed by atoms with Gasteiger partial charge in [0.15, 0.2) is 11.5 Å². The minimum atomic E-state index is -0.319. The SMILES string of the molecule is Clc1ccc(I)c(C(Cl)c2cc3c(cc2Br)OCCO3)c1. The molecule has 1 atom stereocenters. The molecule has 0 spiro atoms. The Hall–Kier alpha value is -0.170. The van der Waals surface area contributed by atoms with E-state index in [-0.39, 0.29) is 5.38 Å². The fourth-order valence-electron chi connectivity index (χ4n) is 2.15. The van der Waals surface area contributed by atoms with Crippen molar-refractivity contribution in [3.05, 3.63) is 54.5 Å². The summed E-state index contributed by atoms with van der Waals surface area (Å²) in [4.78, 5) is 0. The molecule has 0 N–H and O–H groups in total. The summed E-state index contributed by atoms with van der Waals surface area (Å²) in [6.45, 7) is 1.12. The van der Waals surface area contributed by atoms with E-state index in [9.17, 15) is 0 Å². The van der Waals surface area contributed by atoms with Crippen molar-refractivity contribution in [1.29, 1.82) is 0 Å². The normalized spacial score (nSPS) is 14.9. The standard InChI is InChI=1S/C15H10BrCl2IO2/c16-11-7-14-13(20-3-4-21-14)6-9(11)15(18)10-5-8(17)1-2-12(10)19/h1-2,5-7,15H,3-4H2. The summed E-state index contributed by atoms with van der Waals surface area (Å²) in [6, 6.07) is 9.53. The van der Waals surface area contributed by atoms with Crippen molar-refractivity contribution in [2.45, 2.75) is 5.38 Å². The molecule has 0 amide bonds. The molecule has 1 aliphatic heterocycles. The summed E-state index contributed by atoms with van der Waals surface area (Å²) in [5, 5.41) is 0.352. The zero-order valence-corrected chi connectivity index (χ0v) is 16.0. The highest BCUT2D eigenvalue weighted by atomic mass is 127. The molecule has 0 radical (unpaired) electrons. The molecule has 0 saturated heterocycles. The fraction of sp³-hybridized carbons (Fsp3) is 0.200. The molecule has 0 fully saturated rings. The third-order valence-corrected chi connectivity index (χ3v) is 5.54. The molecule has 0 bridgehead atoms. The first kappa shape index (κ1) is 15.7. The molecule has 21 heavy (non-hydrogen) atoms. The number of hydrogen-bond acceptors (Lipinski definition) is 2. The first-order valence-electron chi connectivity index (χ1n) is 6.24. The second kappa shape index (κ2) is 6.52. The van der Waals surface area contributed by atoms with Crippen molar-refractivity contribution in [1.82, 2.24) is 0 Å². The molecular weight excluding hydrogens is 490 g/mol. The van der Waals surface area contributed by atoms with E-state index in [1.165, 1.54) is 0 Å². The molecule has 0 aliphatic carbocycles. The smallest absolute Gasteiger partial charge is 0.162 e. The molecule has 1 aliphatic rings. The average Bonchev–Trinajstić information content (AvgIpc) is 2.48. The van der Waals surface area contributed by atoms with Crippen molar-refractivity contribution < 1.29 is 9.47 Å². The summed E-state index contributed by atoms with van der Waals surface area (Å²) in [7, 11) is 0. The van der Waals surface area contributed by atoms with Crippen LogP contribution in [0.3, 0.4) is 0 Å². The maximum absolute atomic E-state index is 6.67. The van der Waals surface area contributed by atoms with Gasteiger partial charge in [0.05, 0.1) is 5.38 Å². The van der Waals surface area contributed by atoms with E-state index >= 15 is 0 Å². The number of ether oxygens (including phenoxy) is 2. The summed E-state index contributed by atoms with van der Waals surface area (Å²) in [5.41, 5.74) is 1.91. The van der Waals surface area contributed by atoms with Crippen molar-refractivity contribution in [2.24, 2.45) is 0 Å².